The summed E-state index contributed by atoms with van der Waals surface area (Å²) in [6.45, 7) is 0.194. The van der Waals surface area contributed by atoms with Gasteiger partial charge in [0, 0.05) is 36.7 Å². The van der Waals surface area contributed by atoms with E-state index in [1.165, 1.54) is 6.07 Å². The molecule has 1 aliphatic carbocycles. The molecule has 2 aromatic heterocycles. The molecule has 4 rings (SSSR count). The van der Waals surface area contributed by atoms with Gasteiger partial charge in [-0.05, 0) is 12.1 Å². The number of para-hydroxylation sites is 1. The third-order valence-corrected chi connectivity index (χ3v) is 3.99. The molecule has 3 aromatic rings. The van der Waals surface area contributed by atoms with E-state index >= 15 is 0 Å². The van der Waals surface area contributed by atoms with E-state index in [4.69, 9.17) is 0 Å². The number of benzene rings is 1. The van der Waals surface area contributed by atoms with E-state index in [9.17, 15) is 13.2 Å². The molecular weight excluding hydrogens is 291 g/mol. The first kappa shape index (κ1) is 13.3. The fourth-order valence-electron chi connectivity index (χ4n) is 2.63. The SMILES string of the molecule is Fc1cccc2ccc(-c3nccn3CC3CC3(F)F)nc12. The second-order valence-corrected chi connectivity index (χ2v) is 5.57. The fourth-order valence-corrected chi connectivity index (χ4v) is 2.63. The Kier molecular flexibility index (Phi) is 2.76. The molecule has 6 heteroatoms. The smallest absolute Gasteiger partial charge is 0.253 e. The summed E-state index contributed by atoms with van der Waals surface area (Å²) in [7, 11) is 0. The van der Waals surface area contributed by atoms with Crippen LogP contribution in [0.4, 0.5) is 13.2 Å². The maximum absolute atomic E-state index is 13.8. The monoisotopic (exact) mass is 303 g/mol. The van der Waals surface area contributed by atoms with Crippen LogP contribution in [0.3, 0.4) is 0 Å². The fraction of sp³-hybridized carbons (Fsp3) is 0.250. The van der Waals surface area contributed by atoms with Crippen LogP contribution >= 0.6 is 0 Å². The Hall–Kier alpha value is -2.37. The van der Waals surface area contributed by atoms with Gasteiger partial charge in [0.2, 0.25) is 0 Å². The first-order valence-corrected chi connectivity index (χ1v) is 6.99. The van der Waals surface area contributed by atoms with Crippen LogP contribution in [0.15, 0.2) is 42.7 Å². The topological polar surface area (TPSA) is 30.7 Å². The Balaban J connectivity index is 1.73. The molecule has 1 atom stereocenters. The van der Waals surface area contributed by atoms with Crippen LogP contribution in [0.25, 0.3) is 22.4 Å². The molecule has 0 N–H and O–H groups in total. The van der Waals surface area contributed by atoms with Crippen LogP contribution in [-0.4, -0.2) is 20.5 Å². The Bertz CT molecular complexity index is 857. The van der Waals surface area contributed by atoms with E-state index in [0.717, 1.165) is 0 Å². The molecule has 1 fully saturated rings. The van der Waals surface area contributed by atoms with Gasteiger partial charge in [0.1, 0.15) is 17.0 Å². The standard InChI is InChI=1S/C16H12F3N3/c17-12-3-1-2-10-4-5-13(21-14(10)12)15-20-6-7-22(15)9-11-8-16(11,18)19/h1-7,11H,8-9H2. The molecule has 1 aromatic carbocycles. The minimum absolute atomic E-state index is 0.0929. The predicted molar refractivity (Wildman–Crippen MR) is 76.0 cm³/mol. The number of fused-ring (bicyclic) bond motifs is 1. The van der Waals surface area contributed by atoms with Gasteiger partial charge >= 0.3 is 0 Å². The third-order valence-electron chi connectivity index (χ3n) is 3.99. The maximum atomic E-state index is 13.8. The van der Waals surface area contributed by atoms with Gasteiger partial charge in [-0.25, -0.2) is 23.1 Å². The molecule has 1 unspecified atom stereocenters. The van der Waals surface area contributed by atoms with Crippen molar-refractivity contribution in [2.45, 2.75) is 18.9 Å². The van der Waals surface area contributed by atoms with Gasteiger partial charge in [0.15, 0.2) is 5.82 Å². The van der Waals surface area contributed by atoms with Gasteiger partial charge in [-0.15, -0.1) is 0 Å². The number of hydrogen-bond acceptors (Lipinski definition) is 2. The number of imidazole rings is 1. The van der Waals surface area contributed by atoms with Crippen molar-refractivity contribution in [3.8, 4) is 11.5 Å². The van der Waals surface area contributed by atoms with Crippen molar-refractivity contribution >= 4 is 10.9 Å². The van der Waals surface area contributed by atoms with E-state index in [0.29, 0.717) is 16.9 Å². The Labute approximate surface area is 124 Å². The molecular formula is C16H12F3N3. The summed E-state index contributed by atoms with van der Waals surface area (Å²) in [6.07, 6.45) is 3.10. The van der Waals surface area contributed by atoms with E-state index in [-0.39, 0.29) is 18.5 Å². The summed E-state index contributed by atoms with van der Waals surface area (Å²) >= 11 is 0. The van der Waals surface area contributed by atoms with E-state index in [2.05, 4.69) is 9.97 Å². The predicted octanol–water partition coefficient (Wildman–Crippen LogP) is 3.89. The summed E-state index contributed by atoms with van der Waals surface area (Å²) in [5, 5.41) is 0.690. The summed E-state index contributed by atoms with van der Waals surface area (Å²) in [6, 6.07) is 8.22. The van der Waals surface area contributed by atoms with E-state index < -0.39 is 17.7 Å². The van der Waals surface area contributed by atoms with Crippen LogP contribution in [0.1, 0.15) is 6.42 Å². The van der Waals surface area contributed by atoms with Crippen LogP contribution in [0, 0.1) is 11.7 Å². The molecule has 0 saturated heterocycles. The maximum Gasteiger partial charge on any atom is 0.253 e. The van der Waals surface area contributed by atoms with Crippen molar-refractivity contribution in [2.75, 3.05) is 0 Å². The molecule has 3 nitrogen and oxygen atoms in total. The first-order chi connectivity index (χ1) is 10.5. The zero-order valence-electron chi connectivity index (χ0n) is 11.5. The molecule has 1 aliphatic rings. The zero-order chi connectivity index (χ0) is 15.3. The molecule has 1 saturated carbocycles. The lowest BCUT2D eigenvalue weighted by atomic mass is 10.2. The van der Waals surface area contributed by atoms with Crippen molar-refractivity contribution in [3.05, 3.63) is 48.5 Å². The van der Waals surface area contributed by atoms with Crippen molar-refractivity contribution in [3.63, 3.8) is 0 Å². The van der Waals surface area contributed by atoms with Gasteiger partial charge < -0.3 is 4.57 Å². The largest absolute Gasteiger partial charge is 0.329 e. The Morgan fingerprint density at radius 1 is 1.23 bits per heavy atom. The molecule has 0 spiro atoms. The highest BCUT2D eigenvalue weighted by Gasteiger charge is 2.56. The minimum atomic E-state index is -2.58. The lowest BCUT2D eigenvalue weighted by molar-refractivity contribution is 0.0952. The molecule has 0 aliphatic heterocycles. The number of aromatic nitrogens is 3. The zero-order valence-corrected chi connectivity index (χ0v) is 11.5. The van der Waals surface area contributed by atoms with Crippen LogP contribution in [0.5, 0.6) is 0 Å². The Morgan fingerprint density at radius 2 is 2.05 bits per heavy atom. The minimum Gasteiger partial charge on any atom is -0.329 e. The second kappa shape index (κ2) is 4.56. The molecule has 22 heavy (non-hydrogen) atoms. The van der Waals surface area contributed by atoms with Crippen molar-refractivity contribution < 1.29 is 13.2 Å². The number of nitrogens with zero attached hydrogens (tertiary/aromatic N) is 3. The number of halogens is 3. The molecule has 2 heterocycles. The number of hydrogen-bond donors (Lipinski definition) is 0. The molecule has 0 bridgehead atoms. The van der Waals surface area contributed by atoms with Crippen LogP contribution in [-0.2, 0) is 6.54 Å². The van der Waals surface area contributed by atoms with Gasteiger partial charge in [-0.1, -0.05) is 18.2 Å². The number of rotatable bonds is 3. The van der Waals surface area contributed by atoms with Crippen molar-refractivity contribution in [2.24, 2.45) is 5.92 Å². The van der Waals surface area contributed by atoms with Gasteiger partial charge in [-0.2, -0.15) is 0 Å². The van der Waals surface area contributed by atoms with Crippen LogP contribution < -0.4 is 0 Å². The third kappa shape index (κ3) is 2.15. The molecule has 112 valence electrons. The number of pyridine rings is 1. The summed E-state index contributed by atoms with van der Waals surface area (Å²) < 4.78 is 41.7. The number of alkyl halides is 2. The normalized spacial score (nSPS) is 19.5. The molecule has 0 radical (unpaired) electrons. The average molecular weight is 303 g/mol. The van der Waals surface area contributed by atoms with Gasteiger partial charge in [0.25, 0.3) is 5.92 Å². The lowest BCUT2D eigenvalue weighted by Gasteiger charge is -2.08. The molecule has 0 amide bonds. The summed E-state index contributed by atoms with van der Waals surface area (Å²) in [5.41, 5.74) is 0.734. The van der Waals surface area contributed by atoms with Crippen molar-refractivity contribution in [1.29, 1.82) is 0 Å². The van der Waals surface area contributed by atoms with Crippen LogP contribution in [0.2, 0.25) is 0 Å². The van der Waals surface area contributed by atoms with E-state index in [1.54, 1.807) is 41.2 Å². The second-order valence-electron chi connectivity index (χ2n) is 5.57. The highest BCUT2D eigenvalue weighted by atomic mass is 19.3. The Morgan fingerprint density at radius 3 is 2.82 bits per heavy atom. The average Bonchev–Trinajstić information content (AvgIpc) is 2.89. The lowest BCUT2D eigenvalue weighted by Crippen LogP contribution is -2.06. The van der Waals surface area contributed by atoms with E-state index in [1.807, 2.05) is 0 Å². The van der Waals surface area contributed by atoms with Gasteiger partial charge in [-0.3, -0.25) is 0 Å². The van der Waals surface area contributed by atoms with Crippen molar-refractivity contribution in [1.82, 2.24) is 14.5 Å². The summed E-state index contributed by atoms with van der Waals surface area (Å²) in [5.74, 6) is -3.17. The summed E-state index contributed by atoms with van der Waals surface area (Å²) in [4.78, 5) is 8.48. The first-order valence-electron chi connectivity index (χ1n) is 6.99. The van der Waals surface area contributed by atoms with Gasteiger partial charge in [0.05, 0.1) is 0 Å². The highest BCUT2D eigenvalue weighted by Crippen LogP contribution is 2.49. The highest BCUT2D eigenvalue weighted by molar-refractivity contribution is 5.81. The quantitative estimate of drug-likeness (QED) is 0.735.